The van der Waals surface area contributed by atoms with Crippen LogP contribution in [0, 0.1) is 5.82 Å². The number of dihydropyridines is 1. The average molecular weight is 542 g/mol. The zero-order chi connectivity index (χ0) is 28.2. The Morgan fingerprint density at radius 1 is 0.925 bits per heavy atom. The van der Waals surface area contributed by atoms with Gasteiger partial charge in [-0.3, -0.25) is 4.79 Å². The Kier molecular flexibility index (Phi) is 8.01. The summed E-state index contributed by atoms with van der Waals surface area (Å²) in [5, 5.41) is 3.36. The van der Waals surface area contributed by atoms with E-state index in [0.29, 0.717) is 46.7 Å². The van der Waals surface area contributed by atoms with Gasteiger partial charge in [0.25, 0.3) is 0 Å². The lowest BCUT2D eigenvalue weighted by atomic mass is 9.71. The number of carbonyl (C=O) groups excluding carboxylic acids is 2. The first-order valence-electron chi connectivity index (χ1n) is 13.3. The number of allylic oxidation sites excluding steroid dienone is 3. The lowest BCUT2D eigenvalue weighted by Crippen LogP contribution is -2.36. The number of esters is 1. The molecule has 0 saturated carbocycles. The van der Waals surface area contributed by atoms with Crippen LogP contribution < -0.4 is 14.8 Å². The molecule has 1 aliphatic carbocycles. The van der Waals surface area contributed by atoms with E-state index in [1.807, 2.05) is 55.5 Å². The number of Topliss-reactive ketones (excluding diaryl/α,β-unsaturated/α-hetero) is 1. The van der Waals surface area contributed by atoms with E-state index < -0.39 is 11.9 Å². The summed E-state index contributed by atoms with van der Waals surface area (Å²) in [6.07, 6.45) is 1.42. The molecule has 2 aliphatic rings. The highest BCUT2D eigenvalue weighted by Crippen LogP contribution is 2.46. The molecule has 0 fully saturated rings. The summed E-state index contributed by atoms with van der Waals surface area (Å²) in [5.74, 6) is -0.455. The van der Waals surface area contributed by atoms with E-state index in [1.165, 1.54) is 12.1 Å². The van der Waals surface area contributed by atoms with E-state index >= 15 is 0 Å². The summed E-state index contributed by atoms with van der Waals surface area (Å²) in [6, 6.07) is 21.4. The number of ether oxygens (including phenoxy) is 3. The highest BCUT2D eigenvalue weighted by atomic mass is 19.1. The quantitative estimate of drug-likeness (QED) is 0.353. The van der Waals surface area contributed by atoms with Crippen LogP contribution in [0.1, 0.15) is 48.3 Å². The first-order chi connectivity index (χ1) is 19.4. The minimum atomic E-state index is -0.653. The highest BCUT2D eigenvalue weighted by Gasteiger charge is 2.41. The van der Waals surface area contributed by atoms with Crippen LogP contribution in [-0.4, -0.2) is 32.6 Å². The number of halogens is 1. The van der Waals surface area contributed by atoms with Crippen LogP contribution in [0.25, 0.3) is 0 Å². The minimum Gasteiger partial charge on any atom is -0.493 e. The Hall–Kier alpha value is -4.39. The van der Waals surface area contributed by atoms with Gasteiger partial charge in [-0.15, -0.1) is 0 Å². The molecular weight excluding hydrogens is 509 g/mol. The molecule has 1 N–H and O–H groups in total. The second-order valence-electron chi connectivity index (χ2n) is 10.1. The molecule has 40 heavy (non-hydrogen) atoms. The van der Waals surface area contributed by atoms with Crippen LogP contribution in [-0.2, 0) is 20.7 Å². The number of hydrogen-bond donors (Lipinski definition) is 1. The zero-order valence-corrected chi connectivity index (χ0v) is 22.8. The van der Waals surface area contributed by atoms with Crippen LogP contribution in [0.4, 0.5) is 4.39 Å². The van der Waals surface area contributed by atoms with E-state index in [2.05, 4.69) is 5.32 Å². The Balaban J connectivity index is 1.46. The highest BCUT2D eigenvalue weighted by molar-refractivity contribution is 6.04. The fraction of sp³-hybridized carbons (Fsp3) is 0.273. The number of carbonyl (C=O) groups is 2. The van der Waals surface area contributed by atoms with Crippen LogP contribution in [0.5, 0.6) is 11.5 Å². The molecular formula is C33H32FNO5. The molecule has 7 heteroatoms. The SMILES string of the molecule is COc1ccc([C@@H]2CC(=O)C3=C(C2)NC(C)=C(C(=O)OCCc2ccccc2)[C@@H]3c2ccc(F)cc2)cc1OC. The standard InChI is InChI=1S/C33H32FNO5/c1-20-30(33(37)40-16-15-21-7-5-4-6-8-21)31(22-9-12-25(34)13-10-22)32-26(35-20)17-24(18-27(32)36)23-11-14-28(38-2)29(19-23)39-3/h4-14,19,24,31,35H,15-18H2,1-3H3/t24-,31-/m0/s1. The molecule has 0 unspecified atom stereocenters. The van der Waals surface area contributed by atoms with E-state index in [-0.39, 0.29) is 30.5 Å². The predicted molar refractivity (Wildman–Crippen MR) is 150 cm³/mol. The zero-order valence-electron chi connectivity index (χ0n) is 22.8. The maximum absolute atomic E-state index is 13.9. The Labute approximate surface area is 233 Å². The minimum absolute atomic E-state index is 0.0649. The molecule has 6 nitrogen and oxygen atoms in total. The lowest BCUT2D eigenvalue weighted by molar-refractivity contribution is -0.139. The number of methoxy groups -OCH3 is 2. The van der Waals surface area contributed by atoms with Crippen molar-refractivity contribution in [3.05, 3.63) is 118 Å². The van der Waals surface area contributed by atoms with Crippen molar-refractivity contribution in [3.8, 4) is 11.5 Å². The molecule has 0 saturated heterocycles. The predicted octanol–water partition coefficient (Wildman–Crippen LogP) is 5.99. The maximum Gasteiger partial charge on any atom is 0.336 e. The fourth-order valence-corrected chi connectivity index (χ4v) is 5.62. The van der Waals surface area contributed by atoms with Crippen molar-refractivity contribution < 1.29 is 28.2 Å². The third kappa shape index (κ3) is 5.50. The third-order valence-corrected chi connectivity index (χ3v) is 7.60. The molecule has 0 amide bonds. The summed E-state index contributed by atoms with van der Waals surface area (Å²) in [4.78, 5) is 27.3. The van der Waals surface area contributed by atoms with E-state index in [0.717, 1.165) is 16.8 Å². The van der Waals surface area contributed by atoms with E-state index in [9.17, 15) is 14.0 Å². The van der Waals surface area contributed by atoms with Gasteiger partial charge in [-0.2, -0.15) is 0 Å². The molecule has 1 heterocycles. The maximum atomic E-state index is 13.9. The van der Waals surface area contributed by atoms with Crippen molar-refractivity contribution in [2.24, 2.45) is 0 Å². The molecule has 3 aromatic carbocycles. The van der Waals surface area contributed by atoms with Crippen LogP contribution in [0.15, 0.2) is 95.3 Å². The molecule has 2 atom stereocenters. The van der Waals surface area contributed by atoms with Gasteiger partial charge in [-0.05, 0) is 60.2 Å². The van der Waals surface area contributed by atoms with Crippen molar-refractivity contribution in [1.82, 2.24) is 5.32 Å². The molecule has 0 aromatic heterocycles. The van der Waals surface area contributed by atoms with Crippen molar-refractivity contribution in [1.29, 1.82) is 0 Å². The monoisotopic (exact) mass is 541 g/mol. The van der Waals surface area contributed by atoms with Gasteiger partial charge in [0, 0.05) is 35.7 Å². The summed E-state index contributed by atoms with van der Waals surface area (Å²) in [7, 11) is 3.17. The summed E-state index contributed by atoms with van der Waals surface area (Å²) in [5.41, 5.74) is 4.99. The summed E-state index contributed by atoms with van der Waals surface area (Å²) >= 11 is 0. The molecule has 0 bridgehead atoms. The largest absolute Gasteiger partial charge is 0.493 e. The summed E-state index contributed by atoms with van der Waals surface area (Å²) < 4.78 is 30.4. The topological polar surface area (TPSA) is 73.9 Å². The van der Waals surface area contributed by atoms with Crippen molar-refractivity contribution in [3.63, 3.8) is 0 Å². The number of nitrogens with one attached hydrogen (secondary N) is 1. The van der Waals surface area contributed by atoms with Gasteiger partial charge in [0.1, 0.15) is 5.82 Å². The fourth-order valence-electron chi connectivity index (χ4n) is 5.62. The van der Waals surface area contributed by atoms with Gasteiger partial charge in [-0.1, -0.05) is 48.5 Å². The smallest absolute Gasteiger partial charge is 0.336 e. The first kappa shape index (κ1) is 27.2. The van der Waals surface area contributed by atoms with Crippen molar-refractivity contribution in [2.75, 3.05) is 20.8 Å². The van der Waals surface area contributed by atoms with Crippen LogP contribution in [0.3, 0.4) is 0 Å². The van der Waals surface area contributed by atoms with Crippen LogP contribution in [0.2, 0.25) is 0 Å². The molecule has 3 aromatic rings. The van der Waals surface area contributed by atoms with Gasteiger partial charge in [0.2, 0.25) is 0 Å². The third-order valence-electron chi connectivity index (χ3n) is 7.60. The van der Waals surface area contributed by atoms with E-state index in [4.69, 9.17) is 14.2 Å². The number of benzene rings is 3. The Bertz CT molecular complexity index is 1480. The molecule has 0 spiro atoms. The van der Waals surface area contributed by atoms with Gasteiger partial charge in [-0.25, -0.2) is 9.18 Å². The molecule has 206 valence electrons. The van der Waals surface area contributed by atoms with Crippen LogP contribution >= 0.6 is 0 Å². The second-order valence-corrected chi connectivity index (χ2v) is 10.1. The summed E-state index contributed by atoms with van der Waals surface area (Å²) in [6.45, 7) is 2.02. The Morgan fingerprint density at radius 2 is 1.62 bits per heavy atom. The molecule has 1 aliphatic heterocycles. The second kappa shape index (κ2) is 11.8. The van der Waals surface area contributed by atoms with Crippen molar-refractivity contribution in [2.45, 2.75) is 38.0 Å². The number of ketones is 1. The normalized spacial score (nSPS) is 18.6. The molecule has 5 rings (SSSR count). The van der Waals surface area contributed by atoms with Gasteiger partial charge in [0.15, 0.2) is 17.3 Å². The lowest BCUT2D eigenvalue weighted by Gasteiger charge is -2.36. The van der Waals surface area contributed by atoms with Crippen molar-refractivity contribution >= 4 is 11.8 Å². The first-order valence-corrected chi connectivity index (χ1v) is 13.3. The molecule has 0 radical (unpaired) electrons. The van der Waals surface area contributed by atoms with Gasteiger partial charge in [0.05, 0.1) is 26.4 Å². The van der Waals surface area contributed by atoms with E-state index in [1.54, 1.807) is 26.4 Å². The van der Waals surface area contributed by atoms with Gasteiger partial charge < -0.3 is 19.5 Å². The van der Waals surface area contributed by atoms with Gasteiger partial charge >= 0.3 is 5.97 Å². The Morgan fingerprint density at radius 3 is 2.33 bits per heavy atom. The average Bonchev–Trinajstić information content (AvgIpc) is 2.96. The number of hydrogen-bond acceptors (Lipinski definition) is 6. The number of rotatable bonds is 8.